The molecule has 0 aromatic heterocycles. The van der Waals surface area contributed by atoms with E-state index >= 15 is 0 Å². The Bertz CT molecular complexity index is 1460. The summed E-state index contributed by atoms with van der Waals surface area (Å²) in [5, 5.41) is 14.8. The van der Waals surface area contributed by atoms with Crippen molar-refractivity contribution in [3.8, 4) is 5.75 Å². The number of nitrogens with zero attached hydrogens (tertiary/aromatic N) is 2. The van der Waals surface area contributed by atoms with Crippen LogP contribution in [0.3, 0.4) is 0 Å². The van der Waals surface area contributed by atoms with Crippen LogP contribution >= 0.6 is 0 Å². The van der Waals surface area contributed by atoms with Crippen LogP contribution in [-0.4, -0.2) is 85.4 Å². The molecule has 0 unspecified atom stereocenters. The molecule has 3 atom stereocenters. The zero-order chi connectivity index (χ0) is 33.3. The molecule has 2 aliphatic heterocycles. The molecular formula is C34H47N3O8. The molecule has 11 heteroatoms. The second-order valence-electron chi connectivity index (χ2n) is 14.4. The van der Waals surface area contributed by atoms with E-state index in [0.717, 1.165) is 41.3 Å². The third kappa shape index (κ3) is 7.45. The number of rotatable bonds is 3. The summed E-state index contributed by atoms with van der Waals surface area (Å²) in [4.78, 5) is 55.5. The van der Waals surface area contributed by atoms with Crippen LogP contribution < -0.4 is 10.1 Å². The monoisotopic (exact) mass is 625 g/mol. The standard InChI is InChI=1S/C34H47N3O8/c1-32(2,3)27-28(38)37-20-34(19-25(37)29(39)40,45-31(42)36(6)7)24-12-11-21-18-26(43-8)22(16-23(21)17-24)10-9-13-33(4,5)14-15-44-30(41)35-27/h11-12,16-18,25,27H,9-10,13-15,19-20H2,1-8H3,(H,35,41)(H,39,40)/t25-,27+,34-/m0/s1. The van der Waals surface area contributed by atoms with Crippen molar-refractivity contribution in [3.63, 3.8) is 0 Å². The molecule has 5 bridgehead atoms. The number of nitrogens with one attached hydrogen (secondary N) is 1. The summed E-state index contributed by atoms with van der Waals surface area (Å²) in [6.07, 6.45) is 1.56. The van der Waals surface area contributed by atoms with E-state index in [9.17, 15) is 24.3 Å². The van der Waals surface area contributed by atoms with E-state index in [-0.39, 0.29) is 25.0 Å². The highest BCUT2D eigenvalue weighted by Crippen LogP contribution is 2.43. The normalized spacial score (nSPS) is 24.3. The number of fused-ring (bicyclic) bond motifs is 5. The molecule has 4 rings (SSSR count). The average molecular weight is 626 g/mol. The summed E-state index contributed by atoms with van der Waals surface area (Å²) < 4.78 is 17.4. The first-order chi connectivity index (χ1) is 21.0. The Morgan fingerprint density at radius 2 is 1.80 bits per heavy atom. The van der Waals surface area contributed by atoms with Crippen LogP contribution in [0.1, 0.15) is 71.4 Å². The molecule has 0 spiro atoms. The Kier molecular flexibility index (Phi) is 9.61. The lowest BCUT2D eigenvalue weighted by Crippen LogP contribution is -2.57. The summed E-state index contributed by atoms with van der Waals surface area (Å²) in [6, 6.07) is 7.22. The molecule has 2 heterocycles. The highest BCUT2D eigenvalue weighted by atomic mass is 16.6. The summed E-state index contributed by atoms with van der Waals surface area (Å²) in [5.74, 6) is -1.07. The van der Waals surface area contributed by atoms with E-state index in [1.54, 1.807) is 48.0 Å². The van der Waals surface area contributed by atoms with Crippen LogP contribution in [0.4, 0.5) is 9.59 Å². The largest absolute Gasteiger partial charge is 0.496 e. The number of alkyl carbamates (subject to hydrolysis) is 1. The quantitative estimate of drug-likeness (QED) is 0.468. The number of cyclic esters (lactones) is 1. The minimum atomic E-state index is -1.47. The molecule has 11 nitrogen and oxygen atoms in total. The molecule has 0 saturated carbocycles. The van der Waals surface area contributed by atoms with Gasteiger partial charge in [0.1, 0.15) is 17.8 Å². The highest BCUT2D eigenvalue weighted by molar-refractivity contribution is 5.91. The van der Waals surface area contributed by atoms with Crippen LogP contribution in [0, 0.1) is 10.8 Å². The first-order valence-electron chi connectivity index (χ1n) is 15.4. The van der Waals surface area contributed by atoms with Gasteiger partial charge in [0.05, 0.1) is 20.3 Å². The smallest absolute Gasteiger partial charge is 0.410 e. The number of amides is 3. The van der Waals surface area contributed by atoms with Crippen molar-refractivity contribution in [3.05, 3.63) is 41.5 Å². The van der Waals surface area contributed by atoms with Crippen molar-refractivity contribution >= 4 is 34.8 Å². The third-order valence-corrected chi connectivity index (χ3v) is 8.99. The van der Waals surface area contributed by atoms with E-state index in [4.69, 9.17) is 14.2 Å². The molecule has 0 radical (unpaired) electrons. The Balaban J connectivity index is 1.90. The van der Waals surface area contributed by atoms with E-state index in [1.807, 2.05) is 18.2 Å². The van der Waals surface area contributed by atoms with Crippen LogP contribution in [0.15, 0.2) is 30.3 Å². The predicted molar refractivity (Wildman–Crippen MR) is 169 cm³/mol. The van der Waals surface area contributed by atoms with Crippen LogP contribution in [-0.2, 0) is 31.1 Å². The number of benzene rings is 2. The lowest BCUT2D eigenvalue weighted by Gasteiger charge is -2.35. The number of hydrogen-bond acceptors (Lipinski definition) is 7. The van der Waals surface area contributed by atoms with Gasteiger partial charge in [-0.15, -0.1) is 0 Å². The van der Waals surface area contributed by atoms with Gasteiger partial charge >= 0.3 is 18.2 Å². The first kappa shape index (κ1) is 33.9. The number of carbonyl (C=O) groups is 4. The van der Waals surface area contributed by atoms with Gasteiger partial charge < -0.3 is 34.4 Å². The second-order valence-corrected chi connectivity index (χ2v) is 14.4. The number of aliphatic carboxylic acids is 1. The van der Waals surface area contributed by atoms with Gasteiger partial charge in [-0.1, -0.05) is 46.8 Å². The lowest BCUT2D eigenvalue weighted by atomic mass is 9.83. The SMILES string of the molecule is COc1cc2ccc3cc2cc1CCCC(C)(C)CCOC(=O)N[C@@H](C(C)(C)C)C(=O)N1C[C@@]3(OC(=O)N(C)C)C[C@H]1C(=O)O. The van der Waals surface area contributed by atoms with Gasteiger partial charge in [0.2, 0.25) is 5.91 Å². The number of carboxylic acid groups (broad SMARTS) is 1. The number of hydrogen-bond donors (Lipinski definition) is 2. The minimum absolute atomic E-state index is 0.109. The second kappa shape index (κ2) is 12.8. The minimum Gasteiger partial charge on any atom is -0.496 e. The fourth-order valence-corrected chi connectivity index (χ4v) is 6.19. The molecule has 2 aromatic rings. The van der Waals surface area contributed by atoms with E-state index < -0.39 is 47.2 Å². The molecule has 1 fully saturated rings. The maximum Gasteiger partial charge on any atom is 0.410 e. The maximum absolute atomic E-state index is 14.2. The maximum atomic E-state index is 14.2. The van der Waals surface area contributed by atoms with E-state index in [2.05, 4.69) is 25.2 Å². The van der Waals surface area contributed by atoms with Crippen molar-refractivity contribution in [2.75, 3.05) is 34.4 Å². The molecule has 0 aliphatic carbocycles. The fraction of sp³-hybridized carbons (Fsp3) is 0.588. The third-order valence-electron chi connectivity index (χ3n) is 8.99. The lowest BCUT2D eigenvalue weighted by molar-refractivity contribution is -0.150. The van der Waals surface area contributed by atoms with Gasteiger partial charge in [-0.05, 0) is 76.6 Å². The van der Waals surface area contributed by atoms with Crippen molar-refractivity contribution < 1.29 is 38.5 Å². The summed E-state index contributed by atoms with van der Waals surface area (Å²) in [6.45, 7) is 9.57. The van der Waals surface area contributed by atoms with Gasteiger partial charge in [-0.3, -0.25) is 4.79 Å². The number of carboxylic acids is 1. The zero-order valence-electron chi connectivity index (χ0n) is 27.7. The molecule has 2 N–H and O–H groups in total. The van der Waals surface area contributed by atoms with Crippen LogP contribution in [0.5, 0.6) is 5.75 Å². The fourth-order valence-electron chi connectivity index (χ4n) is 6.19. The Hall–Kier alpha value is -4.02. The number of carbonyl (C=O) groups excluding carboxylic acids is 3. The van der Waals surface area contributed by atoms with Gasteiger partial charge in [0.15, 0.2) is 5.60 Å². The first-order valence-corrected chi connectivity index (χ1v) is 15.4. The molecular weight excluding hydrogens is 578 g/mol. The molecule has 246 valence electrons. The van der Waals surface area contributed by atoms with Crippen LogP contribution in [0.2, 0.25) is 0 Å². The molecule has 45 heavy (non-hydrogen) atoms. The van der Waals surface area contributed by atoms with Crippen molar-refractivity contribution in [1.82, 2.24) is 15.1 Å². The average Bonchev–Trinajstić information content (AvgIpc) is 3.34. The highest BCUT2D eigenvalue weighted by Gasteiger charge is 2.55. The summed E-state index contributed by atoms with van der Waals surface area (Å²) in [7, 11) is 4.73. The number of ether oxygens (including phenoxy) is 3. The van der Waals surface area contributed by atoms with Gasteiger partial charge in [0, 0.05) is 20.5 Å². The Morgan fingerprint density at radius 3 is 2.42 bits per heavy atom. The molecule has 2 aromatic carbocycles. The topological polar surface area (TPSA) is 135 Å². The summed E-state index contributed by atoms with van der Waals surface area (Å²) >= 11 is 0. The van der Waals surface area contributed by atoms with Gasteiger partial charge in [0.25, 0.3) is 0 Å². The predicted octanol–water partition coefficient (Wildman–Crippen LogP) is 5.32. The Morgan fingerprint density at radius 1 is 1.09 bits per heavy atom. The van der Waals surface area contributed by atoms with Gasteiger partial charge in [-0.2, -0.15) is 0 Å². The Labute approximate surface area is 265 Å². The zero-order valence-corrected chi connectivity index (χ0v) is 27.7. The van der Waals surface area contributed by atoms with Crippen molar-refractivity contribution in [2.24, 2.45) is 10.8 Å². The number of aryl methyl sites for hydroxylation is 1. The van der Waals surface area contributed by atoms with Crippen molar-refractivity contribution in [1.29, 1.82) is 0 Å². The molecule has 3 amide bonds. The van der Waals surface area contributed by atoms with E-state index in [0.29, 0.717) is 12.0 Å². The molecule has 1 saturated heterocycles. The van der Waals surface area contributed by atoms with Crippen LogP contribution in [0.25, 0.3) is 10.8 Å². The van der Waals surface area contributed by atoms with Crippen molar-refractivity contribution in [2.45, 2.75) is 84.4 Å². The van der Waals surface area contributed by atoms with E-state index in [1.165, 1.54) is 9.80 Å². The molecule has 2 aliphatic rings. The number of methoxy groups -OCH3 is 1. The van der Waals surface area contributed by atoms with Gasteiger partial charge in [-0.25, -0.2) is 14.4 Å². The summed E-state index contributed by atoms with van der Waals surface area (Å²) in [5.41, 5.74) is -0.778.